The van der Waals surface area contributed by atoms with Crippen LogP contribution in [0, 0.1) is 0 Å². The number of hydrogen-bond donors (Lipinski definition) is 1. The number of fused-ring (bicyclic) bond motifs is 1. The molecule has 1 aliphatic carbocycles. The molecule has 0 radical (unpaired) electrons. The summed E-state index contributed by atoms with van der Waals surface area (Å²) in [4.78, 5) is 0. The summed E-state index contributed by atoms with van der Waals surface area (Å²) in [6.45, 7) is 2.13. The zero-order chi connectivity index (χ0) is 13.6. The van der Waals surface area contributed by atoms with Crippen molar-refractivity contribution in [2.45, 2.75) is 37.6 Å². The van der Waals surface area contributed by atoms with E-state index in [-0.39, 0.29) is 5.54 Å². The minimum absolute atomic E-state index is 0.0427. The van der Waals surface area contributed by atoms with Gasteiger partial charge in [-0.05, 0) is 43.2 Å². The van der Waals surface area contributed by atoms with Gasteiger partial charge in [0.1, 0.15) is 0 Å². The van der Waals surface area contributed by atoms with Gasteiger partial charge in [0.2, 0.25) is 0 Å². The Bertz CT molecular complexity index is 394. The maximum absolute atomic E-state index is 6.53. The highest BCUT2D eigenvalue weighted by molar-refractivity contribution is 5.31. The third kappa shape index (κ3) is 4.30. The zero-order valence-corrected chi connectivity index (χ0v) is 11.9. The number of hydrogen-bond acceptors (Lipinski definition) is 3. The number of methoxy groups -OCH3 is 1. The van der Waals surface area contributed by atoms with E-state index in [1.807, 2.05) is 0 Å². The minimum Gasteiger partial charge on any atom is -0.382 e. The molecule has 19 heavy (non-hydrogen) atoms. The quantitative estimate of drug-likeness (QED) is 0.768. The second-order valence-corrected chi connectivity index (χ2v) is 5.52. The molecule has 3 heteroatoms. The monoisotopic (exact) mass is 263 g/mol. The molecule has 1 aromatic rings. The van der Waals surface area contributed by atoms with Crippen molar-refractivity contribution in [1.29, 1.82) is 0 Å². The fourth-order valence-electron chi connectivity index (χ4n) is 2.81. The van der Waals surface area contributed by atoms with Gasteiger partial charge in [0.25, 0.3) is 0 Å². The highest BCUT2D eigenvalue weighted by atomic mass is 16.5. The van der Waals surface area contributed by atoms with Crippen LogP contribution in [0.15, 0.2) is 24.3 Å². The molecule has 1 aliphatic rings. The molecule has 0 aliphatic heterocycles. The fourth-order valence-corrected chi connectivity index (χ4v) is 2.81. The Balaban J connectivity index is 1.75. The molecule has 1 aromatic carbocycles. The van der Waals surface area contributed by atoms with Gasteiger partial charge in [-0.3, -0.25) is 0 Å². The molecule has 0 aromatic heterocycles. The molecule has 2 N–H and O–H groups in total. The number of ether oxygens (including phenoxy) is 2. The van der Waals surface area contributed by atoms with Gasteiger partial charge in [-0.25, -0.2) is 0 Å². The van der Waals surface area contributed by atoms with Crippen molar-refractivity contribution in [3.63, 3.8) is 0 Å². The number of rotatable bonds is 7. The van der Waals surface area contributed by atoms with Gasteiger partial charge in [0, 0.05) is 19.3 Å². The zero-order valence-electron chi connectivity index (χ0n) is 11.9. The maximum Gasteiger partial charge on any atom is 0.0700 e. The Hall–Kier alpha value is -0.900. The van der Waals surface area contributed by atoms with Crippen molar-refractivity contribution >= 4 is 0 Å². The van der Waals surface area contributed by atoms with E-state index in [9.17, 15) is 0 Å². The van der Waals surface area contributed by atoms with E-state index >= 15 is 0 Å². The summed E-state index contributed by atoms with van der Waals surface area (Å²) < 4.78 is 10.4. The molecular formula is C16H25NO2. The SMILES string of the molecule is COCCOCCCC1(N)CCc2ccccc2C1. The molecule has 0 amide bonds. The second-order valence-electron chi connectivity index (χ2n) is 5.52. The van der Waals surface area contributed by atoms with E-state index in [1.54, 1.807) is 7.11 Å². The van der Waals surface area contributed by atoms with Crippen LogP contribution >= 0.6 is 0 Å². The number of aryl methyl sites for hydroxylation is 1. The van der Waals surface area contributed by atoms with Gasteiger partial charge in [0.05, 0.1) is 13.2 Å². The van der Waals surface area contributed by atoms with Gasteiger partial charge in [-0.15, -0.1) is 0 Å². The summed E-state index contributed by atoms with van der Waals surface area (Å²) in [5, 5.41) is 0. The molecule has 0 fully saturated rings. The topological polar surface area (TPSA) is 44.5 Å². The van der Waals surface area contributed by atoms with Crippen molar-refractivity contribution in [3.8, 4) is 0 Å². The highest BCUT2D eigenvalue weighted by Gasteiger charge is 2.29. The van der Waals surface area contributed by atoms with Gasteiger partial charge < -0.3 is 15.2 Å². The Morgan fingerprint density at radius 1 is 1.16 bits per heavy atom. The van der Waals surface area contributed by atoms with Gasteiger partial charge in [0.15, 0.2) is 0 Å². The average molecular weight is 263 g/mol. The molecule has 106 valence electrons. The summed E-state index contributed by atoms with van der Waals surface area (Å²) in [5.41, 5.74) is 9.39. The number of benzene rings is 1. The molecule has 0 saturated heterocycles. The first-order valence-corrected chi connectivity index (χ1v) is 7.16. The Labute approximate surface area is 116 Å². The molecule has 0 heterocycles. The lowest BCUT2D eigenvalue weighted by molar-refractivity contribution is 0.0660. The van der Waals surface area contributed by atoms with Crippen LogP contribution in [-0.4, -0.2) is 32.5 Å². The predicted molar refractivity (Wildman–Crippen MR) is 77.3 cm³/mol. The molecule has 0 spiro atoms. The minimum atomic E-state index is -0.0427. The van der Waals surface area contributed by atoms with E-state index in [2.05, 4.69) is 24.3 Å². The lowest BCUT2D eigenvalue weighted by Gasteiger charge is -2.35. The second kappa shape index (κ2) is 7.04. The van der Waals surface area contributed by atoms with Crippen LogP contribution in [0.2, 0.25) is 0 Å². The van der Waals surface area contributed by atoms with Crippen LogP contribution in [0.1, 0.15) is 30.4 Å². The predicted octanol–water partition coefficient (Wildman–Crippen LogP) is 2.32. The molecule has 1 unspecified atom stereocenters. The normalized spacial score (nSPS) is 22.2. The van der Waals surface area contributed by atoms with Crippen LogP contribution in [0.3, 0.4) is 0 Å². The summed E-state index contributed by atoms with van der Waals surface area (Å²) >= 11 is 0. The van der Waals surface area contributed by atoms with E-state index in [0.717, 1.165) is 38.7 Å². The lowest BCUT2D eigenvalue weighted by Crippen LogP contribution is -2.45. The van der Waals surface area contributed by atoms with Crippen molar-refractivity contribution < 1.29 is 9.47 Å². The third-order valence-electron chi connectivity index (χ3n) is 3.95. The van der Waals surface area contributed by atoms with E-state index in [1.165, 1.54) is 11.1 Å². The smallest absolute Gasteiger partial charge is 0.0700 e. The van der Waals surface area contributed by atoms with Crippen LogP contribution in [0.5, 0.6) is 0 Å². The summed E-state index contributed by atoms with van der Waals surface area (Å²) in [6.07, 6.45) is 5.26. The molecule has 0 saturated carbocycles. The standard InChI is InChI=1S/C16H25NO2/c1-18-11-12-19-10-4-8-16(17)9-7-14-5-2-3-6-15(14)13-16/h2-3,5-6H,4,7-13,17H2,1H3. The maximum atomic E-state index is 6.53. The van der Waals surface area contributed by atoms with Crippen LogP contribution < -0.4 is 5.73 Å². The average Bonchev–Trinajstić information content (AvgIpc) is 2.42. The highest BCUT2D eigenvalue weighted by Crippen LogP contribution is 2.29. The van der Waals surface area contributed by atoms with Crippen molar-refractivity contribution in [1.82, 2.24) is 0 Å². The number of nitrogens with two attached hydrogens (primary N) is 1. The Morgan fingerprint density at radius 3 is 2.74 bits per heavy atom. The summed E-state index contributed by atoms with van der Waals surface area (Å²) in [7, 11) is 1.69. The van der Waals surface area contributed by atoms with Crippen molar-refractivity contribution in [2.75, 3.05) is 26.9 Å². The van der Waals surface area contributed by atoms with Crippen molar-refractivity contribution in [2.24, 2.45) is 5.73 Å². The first kappa shape index (κ1) is 14.5. The summed E-state index contributed by atoms with van der Waals surface area (Å²) in [5.74, 6) is 0. The van der Waals surface area contributed by atoms with Gasteiger partial charge >= 0.3 is 0 Å². The van der Waals surface area contributed by atoms with Crippen LogP contribution in [0.25, 0.3) is 0 Å². The lowest BCUT2D eigenvalue weighted by atomic mass is 9.76. The van der Waals surface area contributed by atoms with Crippen LogP contribution in [0.4, 0.5) is 0 Å². The largest absolute Gasteiger partial charge is 0.382 e. The Morgan fingerprint density at radius 2 is 1.95 bits per heavy atom. The Kier molecular flexibility index (Phi) is 5.37. The molecular weight excluding hydrogens is 238 g/mol. The third-order valence-corrected chi connectivity index (χ3v) is 3.95. The van der Waals surface area contributed by atoms with E-state index in [4.69, 9.17) is 15.2 Å². The van der Waals surface area contributed by atoms with Crippen molar-refractivity contribution in [3.05, 3.63) is 35.4 Å². The van der Waals surface area contributed by atoms with Gasteiger partial charge in [-0.1, -0.05) is 24.3 Å². The van der Waals surface area contributed by atoms with Crippen LogP contribution in [-0.2, 0) is 22.3 Å². The van der Waals surface area contributed by atoms with Gasteiger partial charge in [-0.2, -0.15) is 0 Å². The van der Waals surface area contributed by atoms with E-state index in [0.29, 0.717) is 13.2 Å². The molecule has 2 rings (SSSR count). The first-order chi connectivity index (χ1) is 9.23. The molecule has 3 nitrogen and oxygen atoms in total. The fraction of sp³-hybridized carbons (Fsp3) is 0.625. The molecule has 1 atom stereocenters. The first-order valence-electron chi connectivity index (χ1n) is 7.16. The molecule has 0 bridgehead atoms. The van der Waals surface area contributed by atoms with E-state index < -0.39 is 0 Å². The summed E-state index contributed by atoms with van der Waals surface area (Å²) in [6, 6.07) is 8.67.